The largest absolute Gasteiger partial charge is 0.393 e. The maximum Gasteiger partial charge on any atom is 0.136 e. The van der Waals surface area contributed by atoms with Crippen LogP contribution >= 0.6 is 0 Å². The predicted octanol–water partition coefficient (Wildman–Crippen LogP) is 1.13. The number of hydrogen-bond donors (Lipinski definition) is 1. The Morgan fingerprint density at radius 3 is 2.82 bits per heavy atom. The van der Waals surface area contributed by atoms with Crippen molar-refractivity contribution in [3.05, 3.63) is 0 Å². The number of fused-ring (bicyclic) bond motifs is 1. The normalized spacial score (nSPS) is 44.1. The van der Waals surface area contributed by atoms with Gasteiger partial charge in [-0.25, -0.2) is 0 Å². The maximum atomic E-state index is 11.2. The zero-order chi connectivity index (χ0) is 7.84. The Labute approximate surface area is 66.6 Å². The van der Waals surface area contributed by atoms with Gasteiger partial charge in [-0.2, -0.15) is 0 Å². The lowest BCUT2D eigenvalue weighted by molar-refractivity contribution is -0.123. The van der Waals surface area contributed by atoms with Gasteiger partial charge in [0.1, 0.15) is 5.78 Å². The summed E-state index contributed by atoms with van der Waals surface area (Å²) >= 11 is 0. The van der Waals surface area contributed by atoms with Crippen molar-refractivity contribution in [2.75, 3.05) is 0 Å². The van der Waals surface area contributed by atoms with Crippen LogP contribution in [0.4, 0.5) is 0 Å². The van der Waals surface area contributed by atoms with Crippen LogP contribution in [0.2, 0.25) is 0 Å². The molecular weight excluding hydrogens is 140 g/mol. The summed E-state index contributed by atoms with van der Waals surface area (Å²) in [6, 6.07) is 0. The van der Waals surface area contributed by atoms with Gasteiger partial charge in [0, 0.05) is 12.3 Å². The number of aliphatic hydroxyl groups is 1. The zero-order valence-electron chi connectivity index (χ0n) is 6.62. The molecule has 0 amide bonds. The highest BCUT2D eigenvalue weighted by Gasteiger charge is 2.40. The van der Waals surface area contributed by atoms with E-state index in [4.69, 9.17) is 0 Å². The van der Waals surface area contributed by atoms with E-state index >= 15 is 0 Å². The van der Waals surface area contributed by atoms with Crippen LogP contribution in [-0.2, 0) is 4.79 Å². The lowest BCUT2D eigenvalue weighted by atomic mass is 9.79. The Kier molecular flexibility index (Phi) is 1.72. The van der Waals surface area contributed by atoms with Gasteiger partial charge < -0.3 is 5.11 Å². The average molecular weight is 154 g/mol. The van der Waals surface area contributed by atoms with Gasteiger partial charge in [-0.15, -0.1) is 0 Å². The fourth-order valence-corrected chi connectivity index (χ4v) is 2.53. The molecule has 0 unspecified atom stereocenters. The summed E-state index contributed by atoms with van der Waals surface area (Å²) in [4.78, 5) is 11.2. The highest BCUT2D eigenvalue weighted by Crippen LogP contribution is 2.39. The van der Waals surface area contributed by atoms with E-state index in [1.54, 1.807) is 0 Å². The molecule has 0 aromatic rings. The molecule has 2 heteroatoms. The molecule has 0 aliphatic heterocycles. The first kappa shape index (κ1) is 7.29. The molecule has 1 N–H and O–H groups in total. The summed E-state index contributed by atoms with van der Waals surface area (Å²) < 4.78 is 0. The van der Waals surface area contributed by atoms with Gasteiger partial charge in [0.2, 0.25) is 0 Å². The van der Waals surface area contributed by atoms with Gasteiger partial charge in [-0.05, 0) is 25.2 Å². The molecule has 2 nitrogen and oxygen atoms in total. The van der Waals surface area contributed by atoms with Crippen LogP contribution in [-0.4, -0.2) is 17.0 Å². The van der Waals surface area contributed by atoms with Crippen LogP contribution in [0.1, 0.15) is 32.1 Å². The monoisotopic (exact) mass is 154 g/mol. The Hall–Kier alpha value is -0.370. The standard InChI is InChI=1S/C9H14O2/c10-8-3-1-2-6-7(8)4-5-9(6)11/h6-8,10H,1-5H2/t6-,7+,8+/m0/s1. The van der Waals surface area contributed by atoms with Crippen LogP contribution in [0.15, 0.2) is 0 Å². The number of hydrogen-bond acceptors (Lipinski definition) is 2. The molecule has 0 radical (unpaired) electrons. The molecule has 0 heterocycles. The Bertz CT molecular complexity index is 176. The van der Waals surface area contributed by atoms with Crippen molar-refractivity contribution >= 4 is 5.78 Å². The van der Waals surface area contributed by atoms with E-state index in [0.29, 0.717) is 18.1 Å². The van der Waals surface area contributed by atoms with Gasteiger partial charge in [0.25, 0.3) is 0 Å². The van der Waals surface area contributed by atoms with Crippen LogP contribution in [0.5, 0.6) is 0 Å². The first-order valence-electron chi connectivity index (χ1n) is 4.50. The Morgan fingerprint density at radius 2 is 2.09 bits per heavy atom. The molecule has 2 rings (SSSR count). The third-order valence-electron chi connectivity index (χ3n) is 3.16. The third kappa shape index (κ3) is 1.09. The fraction of sp³-hybridized carbons (Fsp3) is 0.889. The van der Waals surface area contributed by atoms with Gasteiger partial charge in [0.15, 0.2) is 0 Å². The van der Waals surface area contributed by atoms with Crippen molar-refractivity contribution < 1.29 is 9.90 Å². The minimum Gasteiger partial charge on any atom is -0.393 e. The summed E-state index contributed by atoms with van der Waals surface area (Å²) in [5.74, 6) is 0.934. The molecule has 2 aliphatic carbocycles. The first-order valence-corrected chi connectivity index (χ1v) is 4.50. The van der Waals surface area contributed by atoms with E-state index < -0.39 is 0 Å². The van der Waals surface area contributed by atoms with E-state index in [-0.39, 0.29) is 12.0 Å². The van der Waals surface area contributed by atoms with E-state index in [2.05, 4.69) is 0 Å². The van der Waals surface area contributed by atoms with Gasteiger partial charge in [-0.1, -0.05) is 6.42 Å². The van der Waals surface area contributed by atoms with E-state index in [9.17, 15) is 9.90 Å². The lowest BCUT2D eigenvalue weighted by Gasteiger charge is -2.28. The minimum atomic E-state index is -0.180. The summed E-state index contributed by atoms with van der Waals surface area (Å²) in [6.45, 7) is 0. The van der Waals surface area contributed by atoms with Crippen LogP contribution in [0.25, 0.3) is 0 Å². The Balaban J connectivity index is 2.12. The molecule has 2 fully saturated rings. The van der Waals surface area contributed by atoms with E-state index in [1.165, 1.54) is 0 Å². The number of carbonyl (C=O) groups excluding carboxylic acids is 1. The molecule has 0 bridgehead atoms. The second kappa shape index (κ2) is 2.59. The molecular formula is C9H14O2. The van der Waals surface area contributed by atoms with Crippen molar-refractivity contribution in [3.8, 4) is 0 Å². The van der Waals surface area contributed by atoms with Crippen molar-refractivity contribution in [1.29, 1.82) is 0 Å². The van der Waals surface area contributed by atoms with Crippen molar-refractivity contribution in [1.82, 2.24) is 0 Å². The topological polar surface area (TPSA) is 37.3 Å². The summed E-state index contributed by atoms with van der Waals surface area (Å²) in [5.41, 5.74) is 0. The molecule has 2 aliphatic rings. The SMILES string of the molecule is O=C1CC[C@H]2[C@H](O)CCC[C@H]12. The molecule has 62 valence electrons. The molecule has 2 saturated carbocycles. The second-order valence-electron chi connectivity index (χ2n) is 3.77. The van der Waals surface area contributed by atoms with E-state index in [0.717, 1.165) is 25.7 Å². The predicted molar refractivity (Wildman–Crippen MR) is 41.1 cm³/mol. The number of Topliss-reactive ketones (excluding diaryl/α,β-unsaturated/α-hetero) is 1. The summed E-state index contributed by atoms with van der Waals surface area (Å²) in [6.07, 6.45) is 4.44. The summed E-state index contributed by atoms with van der Waals surface area (Å²) in [5, 5.41) is 9.54. The summed E-state index contributed by atoms with van der Waals surface area (Å²) in [7, 11) is 0. The average Bonchev–Trinajstić information content (AvgIpc) is 2.35. The Morgan fingerprint density at radius 1 is 1.27 bits per heavy atom. The van der Waals surface area contributed by atoms with Crippen molar-refractivity contribution in [3.63, 3.8) is 0 Å². The molecule has 11 heavy (non-hydrogen) atoms. The van der Waals surface area contributed by atoms with Gasteiger partial charge >= 0.3 is 0 Å². The van der Waals surface area contributed by atoms with Crippen LogP contribution < -0.4 is 0 Å². The molecule has 0 saturated heterocycles. The maximum absolute atomic E-state index is 11.2. The number of aliphatic hydroxyl groups excluding tert-OH is 1. The first-order chi connectivity index (χ1) is 5.29. The molecule has 0 aromatic heterocycles. The second-order valence-corrected chi connectivity index (χ2v) is 3.77. The lowest BCUT2D eigenvalue weighted by Crippen LogP contribution is -2.30. The van der Waals surface area contributed by atoms with E-state index in [1.807, 2.05) is 0 Å². The van der Waals surface area contributed by atoms with Crippen LogP contribution in [0.3, 0.4) is 0 Å². The van der Waals surface area contributed by atoms with Crippen molar-refractivity contribution in [2.45, 2.75) is 38.2 Å². The highest BCUT2D eigenvalue weighted by molar-refractivity contribution is 5.83. The quantitative estimate of drug-likeness (QED) is 0.568. The molecule has 0 aromatic carbocycles. The van der Waals surface area contributed by atoms with Crippen molar-refractivity contribution in [2.24, 2.45) is 11.8 Å². The fourth-order valence-electron chi connectivity index (χ4n) is 2.53. The molecule has 3 atom stereocenters. The number of ketones is 1. The zero-order valence-corrected chi connectivity index (χ0v) is 6.62. The minimum absolute atomic E-state index is 0.180. The van der Waals surface area contributed by atoms with Gasteiger partial charge in [-0.3, -0.25) is 4.79 Å². The highest BCUT2D eigenvalue weighted by atomic mass is 16.3. The number of rotatable bonds is 0. The third-order valence-corrected chi connectivity index (χ3v) is 3.16. The molecule has 0 spiro atoms. The van der Waals surface area contributed by atoms with Crippen LogP contribution in [0, 0.1) is 11.8 Å². The number of carbonyl (C=O) groups is 1. The smallest absolute Gasteiger partial charge is 0.136 e. The van der Waals surface area contributed by atoms with Gasteiger partial charge in [0.05, 0.1) is 6.10 Å².